The molecule has 2 aromatic carbocycles. The number of methoxy groups -OCH3 is 1. The van der Waals surface area contributed by atoms with Gasteiger partial charge in [-0.1, -0.05) is 45.0 Å². The van der Waals surface area contributed by atoms with Gasteiger partial charge in [-0.05, 0) is 42.3 Å². The average Bonchev–Trinajstić information content (AvgIpc) is 3.17. The lowest BCUT2D eigenvalue weighted by molar-refractivity contribution is -0.120. The Kier molecular flexibility index (Phi) is 7.21. The van der Waals surface area contributed by atoms with Crippen molar-refractivity contribution in [1.82, 2.24) is 15.1 Å². The molecule has 0 saturated carbocycles. The minimum Gasteiger partial charge on any atom is -0.497 e. The number of anilines is 1. The van der Waals surface area contributed by atoms with E-state index in [0.717, 1.165) is 22.5 Å². The zero-order chi connectivity index (χ0) is 24.2. The molecule has 1 aromatic heterocycles. The predicted molar refractivity (Wildman–Crippen MR) is 130 cm³/mol. The molecule has 2 amide bonds. The van der Waals surface area contributed by atoms with E-state index in [2.05, 4.69) is 31.4 Å². The van der Waals surface area contributed by atoms with Crippen LogP contribution in [0.5, 0.6) is 5.75 Å². The van der Waals surface area contributed by atoms with E-state index in [1.54, 1.807) is 11.8 Å². The van der Waals surface area contributed by atoms with Crippen LogP contribution in [0.25, 0.3) is 5.69 Å². The number of amides is 2. The number of hydrogen-bond acceptors (Lipinski definition) is 4. The summed E-state index contributed by atoms with van der Waals surface area (Å²) in [5, 5.41) is 10.6. The average molecular weight is 449 g/mol. The Labute approximate surface area is 195 Å². The van der Waals surface area contributed by atoms with Crippen LogP contribution >= 0.6 is 0 Å². The number of aromatic nitrogens is 2. The van der Waals surface area contributed by atoms with Crippen LogP contribution in [0.4, 0.5) is 5.82 Å². The van der Waals surface area contributed by atoms with Crippen LogP contribution in [-0.2, 0) is 15.0 Å². The number of rotatable bonds is 7. The second-order valence-electron chi connectivity index (χ2n) is 9.19. The number of aryl methyl sites for hydroxylation is 1. The maximum atomic E-state index is 13.1. The van der Waals surface area contributed by atoms with E-state index in [1.165, 1.54) is 6.92 Å². The van der Waals surface area contributed by atoms with E-state index < -0.39 is 6.04 Å². The summed E-state index contributed by atoms with van der Waals surface area (Å²) in [5.74, 6) is 0.871. The molecule has 0 aliphatic heterocycles. The van der Waals surface area contributed by atoms with Crippen molar-refractivity contribution in [1.29, 1.82) is 0 Å². The summed E-state index contributed by atoms with van der Waals surface area (Å²) in [7, 11) is 1.59. The zero-order valence-corrected chi connectivity index (χ0v) is 20.1. The SMILES string of the molecule is COc1ccc(C(CC(=O)Nc2cc(C(C)(C)C)nn2-c2cccc(C)c2)NC(C)=O)cc1. The maximum absolute atomic E-state index is 13.1. The molecule has 0 aliphatic carbocycles. The topological polar surface area (TPSA) is 85.2 Å². The van der Waals surface area contributed by atoms with Crippen molar-refractivity contribution in [2.75, 3.05) is 12.4 Å². The van der Waals surface area contributed by atoms with Crippen LogP contribution in [0, 0.1) is 6.92 Å². The Morgan fingerprint density at radius 3 is 2.36 bits per heavy atom. The minimum absolute atomic E-state index is 0.0791. The molecule has 3 aromatic rings. The molecule has 1 atom stereocenters. The number of ether oxygens (including phenoxy) is 1. The molecular formula is C26H32N4O3. The van der Waals surface area contributed by atoms with Crippen molar-refractivity contribution in [2.45, 2.75) is 52.5 Å². The number of hydrogen-bond donors (Lipinski definition) is 2. The number of benzene rings is 2. The van der Waals surface area contributed by atoms with Gasteiger partial charge in [0, 0.05) is 18.4 Å². The van der Waals surface area contributed by atoms with Crippen LogP contribution in [0.3, 0.4) is 0 Å². The highest BCUT2D eigenvalue weighted by atomic mass is 16.5. The quantitative estimate of drug-likeness (QED) is 0.549. The summed E-state index contributed by atoms with van der Waals surface area (Å²) in [6, 6.07) is 16.7. The molecule has 0 fully saturated rings. The van der Waals surface area contributed by atoms with Gasteiger partial charge < -0.3 is 15.4 Å². The zero-order valence-electron chi connectivity index (χ0n) is 20.1. The van der Waals surface area contributed by atoms with E-state index in [1.807, 2.05) is 61.5 Å². The molecule has 0 spiro atoms. The molecule has 2 N–H and O–H groups in total. The monoisotopic (exact) mass is 448 g/mol. The molecule has 1 unspecified atom stereocenters. The van der Waals surface area contributed by atoms with Gasteiger partial charge in [-0.3, -0.25) is 9.59 Å². The van der Waals surface area contributed by atoms with Gasteiger partial charge in [-0.25, -0.2) is 4.68 Å². The van der Waals surface area contributed by atoms with Crippen molar-refractivity contribution in [3.8, 4) is 11.4 Å². The molecule has 0 aliphatic rings. The minimum atomic E-state index is -0.467. The highest BCUT2D eigenvalue weighted by Gasteiger charge is 2.23. The van der Waals surface area contributed by atoms with E-state index in [4.69, 9.17) is 9.84 Å². The summed E-state index contributed by atoms with van der Waals surface area (Å²) in [4.78, 5) is 24.9. The standard InChI is InChI=1S/C26H32N4O3/c1-17-8-7-9-20(14-17)30-24(16-23(29-30)26(3,4)5)28-25(32)15-22(27-18(2)31)19-10-12-21(33-6)13-11-19/h7-14,16,22H,15H2,1-6H3,(H,27,31)(H,28,32). The first-order valence-electron chi connectivity index (χ1n) is 11.0. The van der Waals surface area contributed by atoms with Crippen LogP contribution in [0.1, 0.15) is 57.0 Å². The molecule has 7 nitrogen and oxygen atoms in total. The van der Waals surface area contributed by atoms with Gasteiger partial charge >= 0.3 is 0 Å². The van der Waals surface area contributed by atoms with Crippen molar-refractivity contribution in [3.05, 3.63) is 71.4 Å². The fraction of sp³-hybridized carbons (Fsp3) is 0.346. The Balaban J connectivity index is 1.88. The van der Waals surface area contributed by atoms with Crippen molar-refractivity contribution in [2.24, 2.45) is 0 Å². The molecule has 0 saturated heterocycles. The van der Waals surface area contributed by atoms with Crippen LogP contribution in [0.2, 0.25) is 0 Å². The first-order valence-corrected chi connectivity index (χ1v) is 11.0. The van der Waals surface area contributed by atoms with Crippen molar-refractivity contribution >= 4 is 17.6 Å². The van der Waals surface area contributed by atoms with Gasteiger partial charge in [0.2, 0.25) is 11.8 Å². The van der Waals surface area contributed by atoms with E-state index >= 15 is 0 Å². The highest BCUT2D eigenvalue weighted by Crippen LogP contribution is 2.27. The van der Waals surface area contributed by atoms with E-state index in [9.17, 15) is 9.59 Å². The van der Waals surface area contributed by atoms with Gasteiger partial charge in [0.05, 0.1) is 31.0 Å². The first-order chi connectivity index (χ1) is 15.6. The molecule has 3 rings (SSSR count). The molecular weight excluding hydrogens is 416 g/mol. The lowest BCUT2D eigenvalue weighted by atomic mass is 9.92. The molecule has 7 heteroatoms. The molecule has 1 heterocycles. The smallest absolute Gasteiger partial charge is 0.227 e. The highest BCUT2D eigenvalue weighted by molar-refractivity contribution is 5.91. The molecule has 174 valence electrons. The number of nitrogens with one attached hydrogen (secondary N) is 2. The Morgan fingerprint density at radius 2 is 1.79 bits per heavy atom. The van der Waals surface area contributed by atoms with Gasteiger partial charge in [0.15, 0.2) is 0 Å². The largest absolute Gasteiger partial charge is 0.497 e. The Hall–Kier alpha value is -3.61. The third-order valence-corrected chi connectivity index (χ3v) is 5.28. The first kappa shape index (κ1) is 24.0. The summed E-state index contributed by atoms with van der Waals surface area (Å²) in [6.07, 6.45) is 0.0791. The fourth-order valence-corrected chi connectivity index (χ4v) is 3.51. The number of carbonyl (C=O) groups excluding carboxylic acids is 2. The second-order valence-corrected chi connectivity index (χ2v) is 9.19. The normalized spacial score (nSPS) is 12.2. The number of nitrogens with zero attached hydrogens (tertiary/aromatic N) is 2. The van der Waals surface area contributed by atoms with Crippen molar-refractivity contribution in [3.63, 3.8) is 0 Å². The predicted octanol–water partition coefficient (Wildman–Crippen LogP) is 4.69. The summed E-state index contributed by atoms with van der Waals surface area (Å²) < 4.78 is 6.96. The lowest BCUT2D eigenvalue weighted by Gasteiger charge is -2.18. The lowest BCUT2D eigenvalue weighted by Crippen LogP contribution is -2.30. The van der Waals surface area contributed by atoms with E-state index in [0.29, 0.717) is 11.6 Å². The summed E-state index contributed by atoms with van der Waals surface area (Å²) >= 11 is 0. The second kappa shape index (κ2) is 9.90. The summed E-state index contributed by atoms with van der Waals surface area (Å²) in [5.41, 5.74) is 3.48. The maximum Gasteiger partial charge on any atom is 0.227 e. The van der Waals surface area contributed by atoms with Crippen molar-refractivity contribution < 1.29 is 14.3 Å². The third-order valence-electron chi connectivity index (χ3n) is 5.28. The van der Waals surface area contributed by atoms with Crippen LogP contribution in [0.15, 0.2) is 54.6 Å². The van der Waals surface area contributed by atoms with E-state index in [-0.39, 0.29) is 23.7 Å². The van der Waals surface area contributed by atoms with Gasteiger partial charge in [-0.15, -0.1) is 0 Å². The Bertz CT molecular complexity index is 1130. The molecule has 0 radical (unpaired) electrons. The van der Waals surface area contributed by atoms with Gasteiger partial charge in [0.1, 0.15) is 11.6 Å². The molecule has 33 heavy (non-hydrogen) atoms. The summed E-state index contributed by atoms with van der Waals surface area (Å²) in [6.45, 7) is 9.70. The fourth-order valence-electron chi connectivity index (χ4n) is 3.51. The number of carbonyl (C=O) groups is 2. The van der Waals surface area contributed by atoms with Crippen LogP contribution in [-0.4, -0.2) is 28.7 Å². The molecule has 0 bridgehead atoms. The van der Waals surface area contributed by atoms with Gasteiger partial charge in [0.25, 0.3) is 0 Å². The third kappa shape index (κ3) is 6.22. The van der Waals surface area contributed by atoms with Gasteiger partial charge in [-0.2, -0.15) is 5.10 Å². The van der Waals surface area contributed by atoms with Crippen LogP contribution < -0.4 is 15.4 Å². The Morgan fingerprint density at radius 1 is 1.09 bits per heavy atom.